The van der Waals surface area contributed by atoms with E-state index in [1.54, 1.807) is 6.92 Å². The van der Waals surface area contributed by atoms with E-state index in [0.717, 1.165) is 64.0 Å². The predicted molar refractivity (Wildman–Crippen MR) is 107 cm³/mol. The molecular weight excluding hydrogens is 405 g/mol. The minimum Gasteiger partial charge on any atom is -0.354 e. The number of rotatable bonds is 5. The normalized spacial score (nSPS) is 23.8. The molecule has 0 unspecified atom stereocenters. The van der Waals surface area contributed by atoms with Crippen molar-refractivity contribution in [1.82, 2.24) is 15.2 Å². The highest BCUT2D eigenvalue weighted by atomic mass is 35.5. The molecule has 1 amide bonds. The van der Waals surface area contributed by atoms with Crippen molar-refractivity contribution in [3.8, 4) is 0 Å². The van der Waals surface area contributed by atoms with Crippen LogP contribution in [0.15, 0.2) is 12.3 Å². The number of amides is 1. The average Bonchev–Trinajstić information content (AvgIpc) is 2.67. The van der Waals surface area contributed by atoms with Gasteiger partial charge in [-0.15, -0.1) is 0 Å². The van der Waals surface area contributed by atoms with Crippen LogP contribution in [0, 0.1) is 5.92 Å². The molecular formula is C20H28ClF3N4O. The molecule has 1 aromatic heterocycles. The van der Waals surface area contributed by atoms with E-state index in [1.165, 1.54) is 0 Å². The summed E-state index contributed by atoms with van der Waals surface area (Å²) < 4.78 is 38.3. The molecule has 9 heteroatoms. The predicted octanol–water partition coefficient (Wildman–Crippen LogP) is 3.96. The maximum Gasteiger partial charge on any atom is 0.417 e. The number of hydrogen-bond donors (Lipinski definition) is 1. The molecule has 0 aromatic carbocycles. The molecule has 1 saturated heterocycles. The summed E-state index contributed by atoms with van der Waals surface area (Å²) in [5, 5.41) is 3.06. The summed E-state index contributed by atoms with van der Waals surface area (Å²) in [5.74, 6) is 1.17. The summed E-state index contributed by atoms with van der Waals surface area (Å²) in [4.78, 5) is 19.5. The fourth-order valence-corrected chi connectivity index (χ4v) is 4.54. The van der Waals surface area contributed by atoms with Gasteiger partial charge < -0.3 is 10.2 Å². The number of nitrogens with one attached hydrogen (secondary N) is 1. The van der Waals surface area contributed by atoms with Crippen LogP contribution in [0.4, 0.5) is 19.0 Å². The first-order valence-electron chi connectivity index (χ1n) is 10.2. The molecule has 1 aliphatic heterocycles. The lowest BCUT2D eigenvalue weighted by atomic mass is 9.84. The Morgan fingerprint density at radius 2 is 1.86 bits per heavy atom. The number of aromatic nitrogens is 1. The number of pyridine rings is 1. The fourth-order valence-electron chi connectivity index (χ4n) is 4.25. The van der Waals surface area contributed by atoms with Crippen LogP contribution in [0.2, 0.25) is 5.02 Å². The second kappa shape index (κ2) is 9.51. The highest BCUT2D eigenvalue weighted by Gasteiger charge is 2.32. The fraction of sp³-hybridized carbons (Fsp3) is 0.700. The van der Waals surface area contributed by atoms with E-state index in [-0.39, 0.29) is 10.9 Å². The number of carbonyl (C=O) groups excluding carboxylic acids is 1. The van der Waals surface area contributed by atoms with Crippen LogP contribution in [-0.4, -0.2) is 54.6 Å². The number of carbonyl (C=O) groups is 1. The highest BCUT2D eigenvalue weighted by molar-refractivity contribution is 6.33. The lowest BCUT2D eigenvalue weighted by Gasteiger charge is -2.37. The lowest BCUT2D eigenvalue weighted by molar-refractivity contribution is -0.137. The van der Waals surface area contributed by atoms with Crippen LogP contribution in [0.3, 0.4) is 0 Å². The van der Waals surface area contributed by atoms with E-state index in [2.05, 4.69) is 15.2 Å². The zero-order valence-corrected chi connectivity index (χ0v) is 17.4. The Labute approximate surface area is 174 Å². The quantitative estimate of drug-likeness (QED) is 0.765. The van der Waals surface area contributed by atoms with Gasteiger partial charge >= 0.3 is 6.18 Å². The molecule has 2 fully saturated rings. The summed E-state index contributed by atoms with van der Waals surface area (Å²) in [6.07, 6.45) is 1.96. The van der Waals surface area contributed by atoms with Gasteiger partial charge in [0.25, 0.3) is 0 Å². The minimum absolute atomic E-state index is 0.0456. The standard InChI is InChI=1S/C20H28ClF3N4O/c1-14(29)26-17-4-2-15(3-5-17)6-7-27-8-10-28(11-9-27)19-18(21)12-16(13-25-19)20(22,23)24/h12-13,15,17H,2-11H2,1H3,(H,26,29)/t15-,17-. The monoisotopic (exact) mass is 432 g/mol. The van der Waals surface area contributed by atoms with Crippen molar-refractivity contribution in [3.63, 3.8) is 0 Å². The highest BCUT2D eigenvalue weighted by Crippen LogP contribution is 2.34. The van der Waals surface area contributed by atoms with Crippen LogP contribution < -0.4 is 10.2 Å². The summed E-state index contributed by atoms with van der Waals surface area (Å²) in [5.41, 5.74) is -0.821. The molecule has 0 bridgehead atoms. The molecule has 0 radical (unpaired) electrons. The van der Waals surface area contributed by atoms with Gasteiger partial charge in [-0.3, -0.25) is 9.69 Å². The molecule has 1 N–H and O–H groups in total. The summed E-state index contributed by atoms with van der Waals surface area (Å²) in [6.45, 7) is 5.69. The second-order valence-electron chi connectivity index (χ2n) is 8.06. The maximum absolute atomic E-state index is 12.8. The zero-order chi connectivity index (χ0) is 21.0. The third kappa shape index (κ3) is 6.22. The molecule has 2 heterocycles. The van der Waals surface area contributed by atoms with Crippen molar-refractivity contribution < 1.29 is 18.0 Å². The Morgan fingerprint density at radius 3 is 2.41 bits per heavy atom. The van der Waals surface area contributed by atoms with Gasteiger partial charge in [-0.05, 0) is 50.6 Å². The van der Waals surface area contributed by atoms with Crippen molar-refractivity contribution in [3.05, 3.63) is 22.8 Å². The molecule has 0 atom stereocenters. The molecule has 1 aromatic rings. The minimum atomic E-state index is -4.44. The molecule has 5 nitrogen and oxygen atoms in total. The molecule has 1 saturated carbocycles. The molecule has 0 spiro atoms. The summed E-state index contributed by atoms with van der Waals surface area (Å²) in [6, 6.07) is 1.28. The van der Waals surface area contributed by atoms with E-state index >= 15 is 0 Å². The number of hydrogen-bond acceptors (Lipinski definition) is 4. The van der Waals surface area contributed by atoms with Gasteiger partial charge in [0.05, 0.1) is 10.6 Å². The van der Waals surface area contributed by atoms with Crippen molar-refractivity contribution in [2.24, 2.45) is 5.92 Å². The molecule has 3 rings (SSSR count). The Morgan fingerprint density at radius 1 is 1.21 bits per heavy atom. The van der Waals surface area contributed by atoms with E-state index in [9.17, 15) is 18.0 Å². The number of halogens is 4. The first-order valence-corrected chi connectivity index (χ1v) is 10.6. The van der Waals surface area contributed by atoms with Crippen molar-refractivity contribution in [2.75, 3.05) is 37.6 Å². The Bertz CT molecular complexity index is 699. The molecule has 29 heavy (non-hydrogen) atoms. The van der Waals surface area contributed by atoms with Gasteiger partial charge in [0.15, 0.2) is 0 Å². The van der Waals surface area contributed by atoms with Gasteiger partial charge in [-0.2, -0.15) is 13.2 Å². The first kappa shape index (κ1) is 22.2. The van der Waals surface area contributed by atoms with Crippen LogP contribution in [0.25, 0.3) is 0 Å². The third-order valence-electron chi connectivity index (χ3n) is 5.93. The van der Waals surface area contributed by atoms with Gasteiger partial charge in [0, 0.05) is 45.3 Å². The van der Waals surface area contributed by atoms with Gasteiger partial charge in [0.1, 0.15) is 5.82 Å². The summed E-state index contributed by atoms with van der Waals surface area (Å²) >= 11 is 6.07. The topological polar surface area (TPSA) is 48.5 Å². The first-order chi connectivity index (χ1) is 13.7. The van der Waals surface area contributed by atoms with Crippen LogP contribution in [-0.2, 0) is 11.0 Å². The Hall–Kier alpha value is -1.54. The Balaban J connectivity index is 1.42. The van der Waals surface area contributed by atoms with Crippen molar-refractivity contribution in [2.45, 2.75) is 51.2 Å². The Kier molecular flexibility index (Phi) is 7.27. The summed E-state index contributed by atoms with van der Waals surface area (Å²) in [7, 11) is 0. The lowest BCUT2D eigenvalue weighted by Crippen LogP contribution is -2.47. The molecule has 162 valence electrons. The van der Waals surface area contributed by atoms with Gasteiger partial charge in [-0.25, -0.2) is 4.98 Å². The second-order valence-corrected chi connectivity index (χ2v) is 8.47. The van der Waals surface area contributed by atoms with E-state index in [4.69, 9.17) is 11.6 Å². The molecule has 2 aliphatic rings. The van der Waals surface area contributed by atoms with E-state index in [0.29, 0.717) is 30.9 Å². The maximum atomic E-state index is 12.8. The number of alkyl halides is 3. The SMILES string of the molecule is CC(=O)N[C@H]1CC[C@H](CCN2CCN(c3ncc(C(F)(F)F)cc3Cl)CC2)CC1. The zero-order valence-electron chi connectivity index (χ0n) is 16.6. The van der Waals surface area contributed by atoms with Crippen LogP contribution in [0.5, 0.6) is 0 Å². The van der Waals surface area contributed by atoms with E-state index < -0.39 is 11.7 Å². The van der Waals surface area contributed by atoms with Gasteiger partial charge in [-0.1, -0.05) is 11.6 Å². The third-order valence-corrected chi connectivity index (χ3v) is 6.21. The van der Waals surface area contributed by atoms with Crippen LogP contribution in [0.1, 0.15) is 44.6 Å². The largest absolute Gasteiger partial charge is 0.417 e. The number of nitrogens with zero attached hydrogens (tertiary/aromatic N) is 3. The van der Waals surface area contributed by atoms with Crippen molar-refractivity contribution in [1.29, 1.82) is 0 Å². The van der Waals surface area contributed by atoms with E-state index in [1.807, 2.05) is 4.90 Å². The van der Waals surface area contributed by atoms with Crippen LogP contribution >= 0.6 is 11.6 Å². The smallest absolute Gasteiger partial charge is 0.354 e. The van der Waals surface area contributed by atoms with Crippen molar-refractivity contribution >= 4 is 23.3 Å². The number of piperazine rings is 1. The average molecular weight is 433 g/mol. The van der Waals surface area contributed by atoms with Gasteiger partial charge in [0.2, 0.25) is 5.91 Å². The molecule has 1 aliphatic carbocycles. The number of anilines is 1.